The van der Waals surface area contributed by atoms with Gasteiger partial charge in [0.25, 0.3) is 0 Å². The number of sulfone groups is 1. The van der Waals surface area contributed by atoms with Crippen molar-refractivity contribution in [3.05, 3.63) is 24.3 Å². The molecule has 0 radical (unpaired) electrons. The number of anilines is 1. The first-order valence-electron chi connectivity index (χ1n) is 8.61. The van der Waals surface area contributed by atoms with Crippen LogP contribution in [0.1, 0.15) is 0 Å². The number of rotatable bonds is 5. The number of piperazine rings is 1. The van der Waals surface area contributed by atoms with Crippen molar-refractivity contribution in [2.24, 2.45) is 0 Å². The number of benzene rings is 1. The first-order valence-corrected chi connectivity index (χ1v) is 10.9. The molecule has 0 unspecified atom stereocenters. The lowest BCUT2D eigenvalue weighted by molar-refractivity contribution is -0.122. The van der Waals surface area contributed by atoms with E-state index in [4.69, 9.17) is 16.3 Å². The molecule has 2 atom stereocenters. The summed E-state index contributed by atoms with van der Waals surface area (Å²) in [4.78, 5) is 16.6. The second-order valence-corrected chi connectivity index (χ2v) is 9.44. The lowest BCUT2D eigenvalue weighted by Gasteiger charge is -2.36. The lowest BCUT2D eigenvalue weighted by atomic mass is 10.2. The molecule has 2 aliphatic heterocycles. The number of amides is 1. The predicted molar refractivity (Wildman–Crippen MR) is 102 cm³/mol. The van der Waals surface area contributed by atoms with Gasteiger partial charge in [0, 0.05) is 31.9 Å². The molecule has 2 fully saturated rings. The number of nitrogens with one attached hydrogen (secondary N) is 1. The minimum atomic E-state index is -3.14. The summed E-state index contributed by atoms with van der Waals surface area (Å²) in [5, 5.41) is 2.22. The Morgan fingerprint density at radius 1 is 1.19 bits per heavy atom. The van der Waals surface area contributed by atoms with Gasteiger partial charge in [0.15, 0.2) is 9.84 Å². The van der Waals surface area contributed by atoms with Crippen molar-refractivity contribution >= 4 is 33.0 Å². The highest BCUT2D eigenvalue weighted by Gasteiger charge is 2.37. The minimum Gasteiger partial charge on any atom is -0.497 e. The molecule has 1 amide bonds. The van der Waals surface area contributed by atoms with Gasteiger partial charge < -0.3 is 15.0 Å². The molecule has 0 aromatic heterocycles. The first-order chi connectivity index (χ1) is 12.4. The van der Waals surface area contributed by atoms with Gasteiger partial charge in [-0.15, -0.1) is 11.6 Å². The largest absolute Gasteiger partial charge is 0.497 e. The molecule has 0 aliphatic carbocycles. The zero-order chi connectivity index (χ0) is 18.7. The number of carbonyl (C=O) groups is 1. The van der Waals surface area contributed by atoms with Gasteiger partial charge >= 0.3 is 0 Å². The summed E-state index contributed by atoms with van der Waals surface area (Å²) in [6, 6.07) is 7.44. The molecule has 3 rings (SSSR count). The fourth-order valence-corrected chi connectivity index (χ4v) is 5.90. The molecule has 2 aliphatic rings. The second-order valence-electron chi connectivity index (χ2n) is 6.73. The standard InChI is InChI=1S/C17H24ClN3O4S/c1-25-14-4-2-13(3-5-14)21-8-6-20(7-9-21)10-17(22)19-16-12-26(23,24)11-15(16)18/h2-5,15-16H,6-12H2,1H3,(H,19,22)/t15-,16-/m1/s1. The van der Waals surface area contributed by atoms with Gasteiger partial charge in [-0.1, -0.05) is 0 Å². The molecule has 144 valence electrons. The third kappa shape index (κ3) is 4.81. The summed E-state index contributed by atoms with van der Waals surface area (Å²) in [5.74, 6) is 0.518. The Balaban J connectivity index is 1.45. The molecule has 2 heterocycles. The van der Waals surface area contributed by atoms with E-state index in [0.717, 1.165) is 37.6 Å². The van der Waals surface area contributed by atoms with Gasteiger partial charge in [0.05, 0.1) is 36.6 Å². The van der Waals surface area contributed by atoms with Crippen LogP contribution in [-0.4, -0.2) is 82.0 Å². The van der Waals surface area contributed by atoms with Crippen LogP contribution in [-0.2, 0) is 14.6 Å². The molecule has 7 nitrogen and oxygen atoms in total. The predicted octanol–water partition coefficient (Wildman–Crippen LogP) is 0.338. The van der Waals surface area contributed by atoms with Gasteiger partial charge in [-0.05, 0) is 24.3 Å². The fraction of sp³-hybridized carbons (Fsp3) is 0.588. The van der Waals surface area contributed by atoms with Crippen LogP contribution in [0, 0.1) is 0 Å². The van der Waals surface area contributed by atoms with Gasteiger partial charge in [-0.25, -0.2) is 8.42 Å². The second kappa shape index (κ2) is 8.02. The van der Waals surface area contributed by atoms with Crippen LogP contribution < -0.4 is 15.0 Å². The van der Waals surface area contributed by atoms with E-state index in [-0.39, 0.29) is 24.0 Å². The van der Waals surface area contributed by atoms with Crippen LogP contribution in [0.5, 0.6) is 5.75 Å². The normalized spacial score (nSPS) is 25.8. The molecule has 26 heavy (non-hydrogen) atoms. The summed E-state index contributed by atoms with van der Waals surface area (Å²) >= 11 is 6.04. The highest BCUT2D eigenvalue weighted by molar-refractivity contribution is 7.91. The smallest absolute Gasteiger partial charge is 0.234 e. The van der Waals surface area contributed by atoms with Crippen molar-refractivity contribution < 1.29 is 17.9 Å². The van der Waals surface area contributed by atoms with E-state index in [1.165, 1.54) is 0 Å². The van der Waals surface area contributed by atoms with Crippen molar-refractivity contribution in [2.75, 3.05) is 56.2 Å². The lowest BCUT2D eigenvalue weighted by Crippen LogP contribution is -2.51. The number of ether oxygens (including phenoxy) is 1. The SMILES string of the molecule is COc1ccc(N2CCN(CC(=O)N[C@@H]3CS(=O)(=O)C[C@H]3Cl)CC2)cc1. The Hall–Kier alpha value is -1.51. The van der Waals surface area contributed by atoms with Gasteiger partial charge in [0.1, 0.15) is 5.75 Å². The Morgan fingerprint density at radius 2 is 1.85 bits per heavy atom. The van der Waals surface area contributed by atoms with E-state index in [9.17, 15) is 13.2 Å². The molecule has 0 saturated carbocycles. The molecular formula is C17H24ClN3O4S. The monoisotopic (exact) mass is 401 g/mol. The zero-order valence-corrected chi connectivity index (χ0v) is 16.3. The molecule has 1 aromatic carbocycles. The van der Waals surface area contributed by atoms with Gasteiger partial charge in [-0.2, -0.15) is 0 Å². The van der Waals surface area contributed by atoms with Crippen molar-refractivity contribution in [1.82, 2.24) is 10.2 Å². The first kappa shape index (κ1) is 19.3. The fourth-order valence-electron chi connectivity index (χ4n) is 3.35. The average Bonchev–Trinajstić information content (AvgIpc) is 2.87. The molecule has 1 aromatic rings. The number of alkyl halides is 1. The molecule has 1 N–H and O–H groups in total. The molecule has 9 heteroatoms. The van der Waals surface area contributed by atoms with E-state index < -0.39 is 21.3 Å². The maximum atomic E-state index is 12.2. The summed E-state index contributed by atoms with van der Waals surface area (Å²) in [7, 11) is -1.50. The van der Waals surface area contributed by atoms with Crippen LogP contribution in [0.15, 0.2) is 24.3 Å². The summed E-state index contributed by atoms with van der Waals surface area (Å²) in [6.45, 7) is 3.46. The molecule has 0 spiro atoms. The van der Waals surface area contributed by atoms with Gasteiger partial charge in [-0.3, -0.25) is 9.69 Å². The minimum absolute atomic E-state index is 0.0694. The molecular weight excluding hydrogens is 378 g/mol. The highest BCUT2D eigenvalue weighted by Crippen LogP contribution is 2.21. The molecule has 0 bridgehead atoms. The Morgan fingerprint density at radius 3 is 2.38 bits per heavy atom. The number of hydrogen-bond donors (Lipinski definition) is 1. The van der Waals surface area contributed by atoms with Crippen molar-refractivity contribution in [3.63, 3.8) is 0 Å². The van der Waals surface area contributed by atoms with Crippen molar-refractivity contribution in [2.45, 2.75) is 11.4 Å². The van der Waals surface area contributed by atoms with E-state index in [0.29, 0.717) is 0 Å². The third-order valence-corrected chi connectivity index (χ3v) is 7.18. The maximum absolute atomic E-state index is 12.2. The number of halogens is 1. The number of methoxy groups -OCH3 is 1. The number of carbonyl (C=O) groups excluding carboxylic acids is 1. The van der Waals surface area contributed by atoms with Gasteiger partial charge in [0.2, 0.25) is 5.91 Å². The summed E-state index contributed by atoms with van der Waals surface area (Å²) < 4.78 is 28.3. The van der Waals surface area contributed by atoms with Crippen LogP contribution in [0.2, 0.25) is 0 Å². The van der Waals surface area contributed by atoms with E-state index in [1.807, 2.05) is 24.3 Å². The number of hydrogen-bond acceptors (Lipinski definition) is 6. The third-order valence-electron chi connectivity index (χ3n) is 4.81. The van der Waals surface area contributed by atoms with Crippen molar-refractivity contribution in [1.29, 1.82) is 0 Å². The summed E-state index contributed by atoms with van der Waals surface area (Å²) in [5.41, 5.74) is 1.14. The maximum Gasteiger partial charge on any atom is 0.234 e. The Kier molecular flexibility index (Phi) is 5.94. The summed E-state index contributed by atoms with van der Waals surface area (Å²) in [6.07, 6.45) is 0. The van der Waals surface area contributed by atoms with E-state index >= 15 is 0 Å². The highest BCUT2D eigenvalue weighted by atomic mass is 35.5. The number of nitrogens with zero attached hydrogens (tertiary/aromatic N) is 2. The quantitative estimate of drug-likeness (QED) is 0.717. The topological polar surface area (TPSA) is 79.0 Å². The zero-order valence-electron chi connectivity index (χ0n) is 14.7. The van der Waals surface area contributed by atoms with E-state index in [1.54, 1.807) is 7.11 Å². The van der Waals surface area contributed by atoms with Crippen LogP contribution >= 0.6 is 11.6 Å². The molecule has 2 saturated heterocycles. The van der Waals surface area contributed by atoms with Crippen LogP contribution in [0.25, 0.3) is 0 Å². The Bertz CT molecular complexity index is 733. The van der Waals surface area contributed by atoms with Crippen LogP contribution in [0.4, 0.5) is 5.69 Å². The van der Waals surface area contributed by atoms with Crippen molar-refractivity contribution in [3.8, 4) is 5.75 Å². The van der Waals surface area contributed by atoms with Crippen LogP contribution in [0.3, 0.4) is 0 Å². The average molecular weight is 402 g/mol. The van der Waals surface area contributed by atoms with E-state index in [2.05, 4.69) is 15.1 Å². The Labute approximate surface area is 159 Å².